The molecule has 0 aliphatic carbocycles. The van der Waals surface area contributed by atoms with E-state index < -0.39 is 70.9 Å². The maximum absolute atomic E-state index is 9.68. The largest absolute Gasteiger partial charge is 0.394 e. The van der Waals surface area contributed by atoms with E-state index in [4.69, 9.17) is 34.2 Å². The average Bonchev–Trinajstić information content (AvgIpc) is 2.92. The first-order valence-electron chi connectivity index (χ1n) is 6.52. The molecule has 2 rings (SSSR count). The minimum absolute atomic E-state index is 0.518. The van der Waals surface area contributed by atoms with Crippen molar-refractivity contribution in [2.45, 2.75) is 49.2 Å². The van der Waals surface area contributed by atoms with E-state index in [2.05, 4.69) is 0 Å². The van der Waals surface area contributed by atoms with Gasteiger partial charge in [-0.15, -0.1) is 0 Å². The Balaban J connectivity index is 1.85. The van der Waals surface area contributed by atoms with Crippen LogP contribution in [-0.4, -0.2) is 93.1 Å². The highest BCUT2D eigenvalue weighted by atomic mass is 31.2. The molecule has 12 heteroatoms. The molecule has 130 valence electrons. The van der Waals surface area contributed by atoms with Crippen molar-refractivity contribution in [2.75, 3.05) is 13.2 Å². The average molecular weight is 345 g/mol. The normalized spacial score (nSPS) is 47.0. The van der Waals surface area contributed by atoms with Gasteiger partial charge in [0.05, 0.1) is 13.2 Å². The van der Waals surface area contributed by atoms with Gasteiger partial charge in [-0.05, 0) is 0 Å². The Labute approximate surface area is 126 Å². The van der Waals surface area contributed by atoms with Crippen LogP contribution < -0.4 is 5.50 Å². The van der Waals surface area contributed by atoms with Gasteiger partial charge in [-0.3, -0.25) is 14.6 Å². The van der Waals surface area contributed by atoms with E-state index in [9.17, 15) is 20.4 Å². The first kappa shape index (κ1) is 18.3. The molecule has 2 fully saturated rings. The third-order valence-electron chi connectivity index (χ3n) is 3.41. The molecule has 0 amide bonds. The second kappa shape index (κ2) is 7.71. The number of rotatable bonds is 6. The lowest BCUT2D eigenvalue weighted by Gasteiger charge is -2.23. The summed E-state index contributed by atoms with van der Waals surface area (Å²) in [5.41, 5.74) is 5.57. The predicted octanol–water partition coefficient (Wildman–Crippen LogP) is -3.92. The van der Waals surface area contributed by atoms with Crippen molar-refractivity contribution in [1.82, 2.24) is 0 Å². The lowest BCUT2D eigenvalue weighted by Crippen LogP contribution is -2.35. The number of nitrogens with two attached hydrogens (primary N) is 1. The molecule has 0 aromatic carbocycles. The second-order valence-electron chi connectivity index (χ2n) is 4.91. The summed E-state index contributed by atoms with van der Waals surface area (Å²) in [5.74, 6) is 0. The Morgan fingerprint density at radius 2 is 1.14 bits per heavy atom. The minimum atomic E-state index is -2.20. The topological polar surface area (TPSA) is 184 Å². The summed E-state index contributed by atoms with van der Waals surface area (Å²) in [5, 5.41) is 56.3. The zero-order valence-electron chi connectivity index (χ0n) is 11.4. The number of hydrogen-bond donors (Lipinski definition) is 7. The highest BCUT2D eigenvalue weighted by Crippen LogP contribution is 2.39. The zero-order valence-corrected chi connectivity index (χ0v) is 12.3. The van der Waals surface area contributed by atoms with E-state index in [1.165, 1.54) is 0 Å². The SMILES string of the molecule is NP(OC1O[C@H](CO)[C@@H](O)[C@H]1O)OC1O[C@H](CO)[C@@H](O)[C@H]1O. The summed E-state index contributed by atoms with van der Waals surface area (Å²) in [6, 6.07) is 0. The van der Waals surface area contributed by atoms with Crippen molar-refractivity contribution in [1.29, 1.82) is 0 Å². The first-order chi connectivity index (χ1) is 10.4. The molecule has 2 unspecified atom stereocenters. The molecule has 0 spiro atoms. The van der Waals surface area contributed by atoms with Gasteiger partial charge in [0.15, 0.2) is 12.6 Å². The Kier molecular flexibility index (Phi) is 6.42. The third-order valence-corrected chi connectivity index (χ3v) is 4.24. The molecule has 2 aliphatic heterocycles. The summed E-state index contributed by atoms with van der Waals surface area (Å²) >= 11 is 0. The standard InChI is InChI=1S/C10H20NO10P/c11-22(20-9-7(16)5(14)3(1-12)18-9)21-10-8(17)6(15)4(2-13)19-10/h3-10,12-17H,1-2,11H2/t3-,4-,5-,6-,7-,8-,9?,10?,22?/m1/s1. The van der Waals surface area contributed by atoms with Gasteiger partial charge in [0, 0.05) is 0 Å². The molecule has 8 N–H and O–H groups in total. The van der Waals surface area contributed by atoms with Crippen LogP contribution >= 0.6 is 8.53 Å². The third kappa shape index (κ3) is 3.73. The summed E-state index contributed by atoms with van der Waals surface area (Å²) in [6.45, 7) is -1.04. The van der Waals surface area contributed by atoms with E-state index in [1.54, 1.807) is 0 Å². The molecule has 0 bridgehead atoms. The Bertz CT molecular complexity index is 333. The van der Waals surface area contributed by atoms with Crippen molar-refractivity contribution < 1.29 is 49.2 Å². The van der Waals surface area contributed by atoms with Gasteiger partial charge in [-0.1, -0.05) is 0 Å². The fourth-order valence-corrected chi connectivity index (χ4v) is 2.94. The van der Waals surface area contributed by atoms with Gasteiger partial charge in [0.25, 0.3) is 8.53 Å². The van der Waals surface area contributed by atoms with Crippen LogP contribution in [0.2, 0.25) is 0 Å². The van der Waals surface area contributed by atoms with E-state index >= 15 is 0 Å². The van der Waals surface area contributed by atoms with Gasteiger partial charge in [-0.2, -0.15) is 0 Å². The van der Waals surface area contributed by atoms with E-state index in [-0.39, 0.29) is 0 Å². The summed E-state index contributed by atoms with van der Waals surface area (Å²) in [4.78, 5) is 0. The van der Waals surface area contributed by atoms with E-state index in [0.29, 0.717) is 0 Å². The molecule has 2 heterocycles. The molecule has 8 atom stereocenters. The van der Waals surface area contributed by atoms with Gasteiger partial charge in [0.1, 0.15) is 36.6 Å². The van der Waals surface area contributed by atoms with Crippen LogP contribution in [0.3, 0.4) is 0 Å². The molecular formula is C10H20NO10P. The monoisotopic (exact) mass is 345 g/mol. The number of aliphatic hydroxyl groups is 6. The maximum atomic E-state index is 9.68. The highest BCUT2D eigenvalue weighted by Gasteiger charge is 2.47. The van der Waals surface area contributed by atoms with E-state index in [0.717, 1.165) is 0 Å². The van der Waals surface area contributed by atoms with Crippen LogP contribution in [0.4, 0.5) is 0 Å². The van der Waals surface area contributed by atoms with Crippen LogP contribution in [0.1, 0.15) is 0 Å². The van der Waals surface area contributed by atoms with Gasteiger partial charge in [-0.25, -0.2) is 0 Å². The van der Waals surface area contributed by atoms with Crippen LogP contribution in [0.25, 0.3) is 0 Å². The van der Waals surface area contributed by atoms with Crippen molar-refractivity contribution in [2.24, 2.45) is 5.50 Å². The molecule has 2 aliphatic rings. The predicted molar refractivity (Wildman–Crippen MR) is 68.8 cm³/mol. The van der Waals surface area contributed by atoms with Crippen molar-refractivity contribution >= 4 is 8.53 Å². The first-order valence-corrected chi connectivity index (χ1v) is 7.77. The molecule has 11 nitrogen and oxygen atoms in total. The summed E-state index contributed by atoms with van der Waals surface area (Å²) < 4.78 is 20.3. The highest BCUT2D eigenvalue weighted by molar-refractivity contribution is 7.44. The number of hydrogen-bond acceptors (Lipinski definition) is 11. The van der Waals surface area contributed by atoms with Crippen molar-refractivity contribution in [3.05, 3.63) is 0 Å². The molecule has 0 radical (unpaired) electrons. The van der Waals surface area contributed by atoms with Crippen LogP contribution in [-0.2, 0) is 18.5 Å². The maximum Gasteiger partial charge on any atom is 0.257 e. The van der Waals surface area contributed by atoms with Crippen molar-refractivity contribution in [3.63, 3.8) is 0 Å². The quantitative estimate of drug-likeness (QED) is 0.233. The van der Waals surface area contributed by atoms with Gasteiger partial charge in [0.2, 0.25) is 0 Å². The van der Waals surface area contributed by atoms with Gasteiger partial charge >= 0.3 is 0 Å². The Morgan fingerprint density at radius 3 is 1.41 bits per heavy atom. The van der Waals surface area contributed by atoms with Crippen molar-refractivity contribution in [3.8, 4) is 0 Å². The van der Waals surface area contributed by atoms with Gasteiger partial charge < -0.3 is 40.1 Å². The minimum Gasteiger partial charge on any atom is -0.394 e. The summed E-state index contributed by atoms with van der Waals surface area (Å²) in [7, 11) is -2.20. The molecule has 0 saturated carbocycles. The number of aliphatic hydroxyl groups excluding tert-OH is 6. The molecular weight excluding hydrogens is 325 g/mol. The smallest absolute Gasteiger partial charge is 0.257 e. The van der Waals surface area contributed by atoms with E-state index in [1.807, 2.05) is 0 Å². The second-order valence-corrected chi connectivity index (χ2v) is 5.90. The Hall–Kier alpha value is -0.01000. The molecule has 22 heavy (non-hydrogen) atoms. The lowest BCUT2D eigenvalue weighted by molar-refractivity contribution is -0.142. The number of ether oxygens (including phenoxy) is 2. The molecule has 2 saturated heterocycles. The summed E-state index contributed by atoms with van der Waals surface area (Å²) in [6.07, 6.45) is -10.2. The van der Waals surface area contributed by atoms with Crippen LogP contribution in [0, 0.1) is 0 Å². The fourth-order valence-electron chi connectivity index (χ4n) is 2.13. The molecule has 0 aromatic heterocycles. The fraction of sp³-hybridized carbons (Fsp3) is 1.00. The molecule has 0 aromatic rings. The van der Waals surface area contributed by atoms with Crippen LogP contribution in [0.15, 0.2) is 0 Å². The van der Waals surface area contributed by atoms with Crippen LogP contribution in [0.5, 0.6) is 0 Å². The lowest BCUT2D eigenvalue weighted by atomic mass is 10.1. The Morgan fingerprint density at radius 1 is 0.773 bits per heavy atom. The zero-order chi connectivity index (χ0) is 16.4.